The number of halogens is 2. The smallest absolute Gasteiger partial charge is 0.211 e. The van der Waals surface area contributed by atoms with Gasteiger partial charge in [0.2, 0.25) is 10.0 Å². The number of nitrogens with zero attached hydrogens (tertiary/aromatic N) is 2. The zero-order valence-electron chi connectivity index (χ0n) is 13.8. The molecule has 24 heavy (non-hydrogen) atoms. The average molecular weight is 391 g/mol. The second-order valence-corrected chi connectivity index (χ2v) is 9.55. The molecule has 2 saturated heterocycles. The van der Waals surface area contributed by atoms with E-state index in [9.17, 15) is 8.42 Å². The van der Waals surface area contributed by atoms with Crippen molar-refractivity contribution < 1.29 is 8.42 Å². The molecule has 0 bridgehead atoms. The van der Waals surface area contributed by atoms with E-state index in [-0.39, 0.29) is 18.4 Å². The molecular formula is C17H24Cl2N2O2S. The molecular weight excluding hydrogens is 367 g/mol. The molecule has 1 aromatic rings. The van der Waals surface area contributed by atoms with E-state index in [4.69, 9.17) is 11.6 Å². The Morgan fingerprint density at radius 1 is 1.25 bits per heavy atom. The molecule has 4 rings (SSSR count). The van der Waals surface area contributed by atoms with E-state index in [0.29, 0.717) is 18.5 Å². The Balaban J connectivity index is 0.00000169. The molecule has 4 nitrogen and oxygen atoms in total. The molecule has 3 atom stereocenters. The molecule has 2 fully saturated rings. The normalized spacial score (nSPS) is 30.7. The number of hydrogen-bond acceptors (Lipinski definition) is 3. The van der Waals surface area contributed by atoms with E-state index in [1.165, 1.54) is 17.4 Å². The molecule has 0 aromatic heterocycles. The van der Waals surface area contributed by atoms with Crippen LogP contribution in [0.2, 0.25) is 5.02 Å². The summed E-state index contributed by atoms with van der Waals surface area (Å²) in [4.78, 5) is 2.56. The largest absolute Gasteiger partial charge is 0.296 e. The Morgan fingerprint density at radius 3 is 2.79 bits per heavy atom. The highest BCUT2D eigenvalue weighted by atomic mass is 35.5. The molecule has 0 aliphatic carbocycles. The topological polar surface area (TPSA) is 40.6 Å². The summed E-state index contributed by atoms with van der Waals surface area (Å²) in [7, 11) is -3.12. The summed E-state index contributed by atoms with van der Waals surface area (Å²) >= 11 is 6.14. The number of benzene rings is 1. The van der Waals surface area contributed by atoms with Crippen LogP contribution in [0.15, 0.2) is 18.2 Å². The first-order valence-electron chi connectivity index (χ1n) is 8.42. The molecule has 0 unspecified atom stereocenters. The van der Waals surface area contributed by atoms with Gasteiger partial charge in [-0.2, -0.15) is 4.31 Å². The van der Waals surface area contributed by atoms with E-state index in [1.807, 2.05) is 6.07 Å². The van der Waals surface area contributed by atoms with E-state index < -0.39 is 10.0 Å². The summed E-state index contributed by atoms with van der Waals surface area (Å²) in [5.41, 5.74) is 2.68. The molecule has 3 heterocycles. The van der Waals surface area contributed by atoms with Gasteiger partial charge in [-0.05, 0) is 54.9 Å². The second kappa shape index (κ2) is 6.76. The van der Waals surface area contributed by atoms with E-state index in [1.54, 1.807) is 4.31 Å². The maximum Gasteiger partial charge on any atom is 0.211 e. The van der Waals surface area contributed by atoms with Gasteiger partial charge >= 0.3 is 0 Å². The summed E-state index contributed by atoms with van der Waals surface area (Å²) < 4.78 is 26.1. The maximum atomic E-state index is 12.2. The van der Waals surface area contributed by atoms with Crippen LogP contribution in [0.25, 0.3) is 0 Å². The van der Waals surface area contributed by atoms with Gasteiger partial charge in [0.1, 0.15) is 0 Å². The minimum absolute atomic E-state index is 0. The van der Waals surface area contributed by atoms with E-state index in [2.05, 4.69) is 17.0 Å². The van der Waals surface area contributed by atoms with Gasteiger partial charge in [-0.1, -0.05) is 17.7 Å². The van der Waals surface area contributed by atoms with E-state index >= 15 is 0 Å². The van der Waals surface area contributed by atoms with Gasteiger partial charge in [0.15, 0.2) is 0 Å². The Hall–Kier alpha value is -0.330. The summed E-state index contributed by atoms with van der Waals surface area (Å²) in [6, 6.07) is 6.67. The van der Waals surface area contributed by atoms with E-state index in [0.717, 1.165) is 43.8 Å². The summed E-state index contributed by atoms with van der Waals surface area (Å²) in [5.74, 6) is 0.476. The fourth-order valence-corrected chi connectivity index (χ4v) is 6.20. The van der Waals surface area contributed by atoms with Crippen molar-refractivity contribution in [1.82, 2.24) is 9.21 Å². The molecule has 0 saturated carbocycles. The molecule has 0 spiro atoms. The lowest BCUT2D eigenvalue weighted by molar-refractivity contribution is 0.0222. The van der Waals surface area contributed by atoms with Crippen LogP contribution in [0.3, 0.4) is 0 Å². The Morgan fingerprint density at radius 2 is 2.04 bits per heavy atom. The maximum absolute atomic E-state index is 12.2. The molecule has 0 radical (unpaired) electrons. The molecule has 3 aliphatic rings. The second-order valence-electron chi connectivity index (χ2n) is 7.18. The highest BCUT2D eigenvalue weighted by molar-refractivity contribution is 7.88. The van der Waals surface area contributed by atoms with Crippen molar-refractivity contribution in [2.75, 3.05) is 25.9 Å². The lowest BCUT2D eigenvalue weighted by atomic mass is 9.77. The fourth-order valence-electron chi connectivity index (χ4n) is 4.79. The minimum atomic E-state index is -3.12. The first-order chi connectivity index (χ1) is 10.9. The minimum Gasteiger partial charge on any atom is -0.296 e. The predicted octanol–water partition coefficient (Wildman–Crippen LogP) is 3.10. The Bertz CT molecular complexity index is 725. The van der Waals surface area contributed by atoms with Gasteiger partial charge in [-0.25, -0.2) is 8.42 Å². The summed E-state index contributed by atoms with van der Waals surface area (Å²) in [5, 5.41) is 0.793. The molecule has 3 aliphatic heterocycles. The summed E-state index contributed by atoms with van der Waals surface area (Å²) in [6.07, 6.45) is 5.44. The third-order valence-corrected chi connectivity index (χ3v) is 7.34. The molecule has 7 heteroatoms. The number of piperidine rings is 2. The van der Waals surface area contributed by atoms with Gasteiger partial charge in [0, 0.05) is 36.7 Å². The zero-order valence-corrected chi connectivity index (χ0v) is 16.2. The quantitative estimate of drug-likeness (QED) is 0.739. The molecule has 0 N–H and O–H groups in total. The van der Waals surface area contributed by atoms with Crippen molar-refractivity contribution >= 4 is 34.0 Å². The lowest BCUT2D eigenvalue weighted by Crippen LogP contribution is -2.57. The van der Waals surface area contributed by atoms with Gasteiger partial charge in [0.05, 0.1) is 6.26 Å². The van der Waals surface area contributed by atoms with Crippen LogP contribution >= 0.6 is 24.0 Å². The highest BCUT2D eigenvalue weighted by Crippen LogP contribution is 2.43. The third-order valence-electron chi connectivity index (χ3n) is 5.80. The van der Waals surface area contributed by atoms with Crippen molar-refractivity contribution in [1.29, 1.82) is 0 Å². The molecule has 1 aromatic carbocycles. The highest BCUT2D eigenvalue weighted by Gasteiger charge is 2.44. The van der Waals surface area contributed by atoms with Crippen LogP contribution in [0, 0.1) is 5.92 Å². The Kier molecular flexibility index (Phi) is 5.20. The van der Waals surface area contributed by atoms with Gasteiger partial charge in [-0.15, -0.1) is 12.4 Å². The van der Waals surface area contributed by atoms with Crippen molar-refractivity contribution in [3.8, 4) is 0 Å². The molecule has 0 amide bonds. The summed E-state index contributed by atoms with van der Waals surface area (Å²) in [6.45, 7) is 2.75. The van der Waals surface area contributed by atoms with Crippen molar-refractivity contribution in [3.63, 3.8) is 0 Å². The number of rotatable bonds is 1. The third kappa shape index (κ3) is 3.21. The van der Waals surface area contributed by atoms with Crippen LogP contribution in [-0.4, -0.2) is 49.6 Å². The standard InChI is InChI=1S/C17H23ClN2O2S.ClH/c1-23(21,22)20-7-2-3-13-11-19-8-6-12-9-14(18)4-5-15(12)17(19)10-16(13)20;/h4-5,9,13,16-17H,2-3,6-8,10-11H2,1H3;1H/t13-,16+,17-;/m1./s1. The van der Waals surface area contributed by atoms with Crippen molar-refractivity contribution in [2.45, 2.75) is 37.8 Å². The van der Waals surface area contributed by atoms with Crippen molar-refractivity contribution in [2.24, 2.45) is 5.92 Å². The van der Waals surface area contributed by atoms with Crippen LogP contribution in [-0.2, 0) is 16.4 Å². The van der Waals surface area contributed by atoms with Crippen LogP contribution < -0.4 is 0 Å². The number of hydrogen-bond donors (Lipinski definition) is 0. The van der Waals surface area contributed by atoms with Gasteiger partial charge < -0.3 is 0 Å². The predicted molar refractivity (Wildman–Crippen MR) is 99.4 cm³/mol. The monoisotopic (exact) mass is 390 g/mol. The van der Waals surface area contributed by atoms with Crippen LogP contribution in [0.1, 0.15) is 36.4 Å². The van der Waals surface area contributed by atoms with Crippen LogP contribution in [0.4, 0.5) is 0 Å². The Labute approximate surface area is 155 Å². The van der Waals surface area contributed by atoms with Crippen molar-refractivity contribution in [3.05, 3.63) is 34.3 Å². The van der Waals surface area contributed by atoms with Crippen LogP contribution in [0.5, 0.6) is 0 Å². The lowest BCUT2D eigenvalue weighted by Gasteiger charge is -2.51. The van der Waals surface area contributed by atoms with Gasteiger partial charge in [-0.3, -0.25) is 4.90 Å². The number of sulfonamides is 1. The molecule has 134 valence electrons. The van der Waals surface area contributed by atoms with Gasteiger partial charge in [0.25, 0.3) is 0 Å². The zero-order chi connectivity index (χ0) is 16.2. The average Bonchev–Trinajstić information content (AvgIpc) is 2.51. The number of fused-ring (bicyclic) bond motifs is 4. The first-order valence-corrected chi connectivity index (χ1v) is 10.7. The first kappa shape index (κ1) is 18.5. The fraction of sp³-hybridized carbons (Fsp3) is 0.647. The SMILES string of the molecule is CS(=O)(=O)N1CCC[C@@H]2CN3CCc4cc(Cl)ccc4[C@H]3C[C@@H]21.Cl.